The molecule has 0 aliphatic rings. The maximum Gasteiger partial charge on any atom is 0.273 e. The van der Waals surface area contributed by atoms with Crippen molar-refractivity contribution in [3.8, 4) is 0 Å². The normalized spacial score (nSPS) is 9.83. The maximum absolute atomic E-state index is 10.4. The Balaban J connectivity index is 3.20. The van der Waals surface area contributed by atoms with Crippen LogP contribution in [0.5, 0.6) is 0 Å². The van der Waals surface area contributed by atoms with Gasteiger partial charge in [-0.05, 0) is 34.7 Å². The number of nitrogens with zero attached hydrogens (tertiary/aromatic N) is 1. The van der Waals surface area contributed by atoms with Crippen molar-refractivity contribution in [3.05, 3.63) is 37.4 Å². The molecule has 0 radical (unpaired) electrons. The second-order valence-corrected chi connectivity index (χ2v) is 3.48. The summed E-state index contributed by atoms with van der Waals surface area (Å²) in [5.74, 6) is 0. The first-order valence-corrected chi connectivity index (χ1v) is 4.36. The maximum atomic E-state index is 10.4. The van der Waals surface area contributed by atoms with E-state index in [1.165, 1.54) is 6.07 Å². The molecule has 0 aliphatic carbocycles. The molecule has 12 heavy (non-hydrogen) atoms. The van der Waals surface area contributed by atoms with Crippen molar-refractivity contribution in [2.75, 3.05) is 0 Å². The molecule has 1 rings (SSSR count). The van der Waals surface area contributed by atoms with Crippen molar-refractivity contribution in [2.45, 2.75) is 6.54 Å². The number of nitro benzene ring substituents is 1. The van der Waals surface area contributed by atoms with E-state index in [-0.39, 0.29) is 12.2 Å². The fourth-order valence-electron chi connectivity index (χ4n) is 0.896. The number of hydrogen-bond acceptors (Lipinski definition) is 3. The van der Waals surface area contributed by atoms with Gasteiger partial charge in [-0.25, -0.2) is 0 Å². The summed E-state index contributed by atoms with van der Waals surface area (Å²) in [5.41, 5.74) is 6.02. The fourth-order valence-corrected chi connectivity index (χ4v) is 1.45. The van der Waals surface area contributed by atoms with E-state index in [1.807, 2.05) is 0 Å². The van der Waals surface area contributed by atoms with Crippen LogP contribution in [0.25, 0.3) is 0 Å². The summed E-state index contributed by atoms with van der Waals surface area (Å²) in [5, 5.41) is 10.4. The third kappa shape index (κ3) is 1.92. The highest BCUT2D eigenvalue weighted by Crippen LogP contribution is 2.20. The molecular weight excluding hydrogens is 271 g/mol. The highest BCUT2D eigenvalue weighted by Gasteiger charge is 2.11. The van der Waals surface area contributed by atoms with Crippen LogP contribution in [-0.2, 0) is 6.54 Å². The Hall–Kier alpha value is -0.690. The average molecular weight is 278 g/mol. The largest absolute Gasteiger partial charge is 0.326 e. The minimum absolute atomic E-state index is 0.0953. The standard InChI is InChI=1S/C7H7IN2O2/c8-6-1-2-7(10(11)12)5(3-6)4-9/h1-3H,4,9H2. The predicted molar refractivity (Wildman–Crippen MR) is 53.7 cm³/mol. The van der Waals surface area contributed by atoms with Gasteiger partial charge in [-0.1, -0.05) is 0 Å². The van der Waals surface area contributed by atoms with Gasteiger partial charge in [0.2, 0.25) is 0 Å². The van der Waals surface area contributed by atoms with Gasteiger partial charge in [-0.15, -0.1) is 0 Å². The number of nitro groups is 1. The van der Waals surface area contributed by atoms with Crippen molar-refractivity contribution in [1.82, 2.24) is 0 Å². The Kier molecular flexibility index (Phi) is 2.99. The number of rotatable bonds is 2. The van der Waals surface area contributed by atoms with E-state index in [0.717, 1.165) is 3.57 Å². The highest BCUT2D eigenvalue weighted by atomic mass is 127. The lowest BCUT2D eigenvalue weighted by molar-refractivity contribution is -0.385. The lowest BCUT2D eigenvalue weighted by Gasteiger charge is -1.99. The van der Waals surface area contributed by atoms with Crippen LogP contribution in [0.15, 0.2) is 18.2 Å². The van der Waals surface area contributed by atoms with Gasteiger partial charge in [0.15, 0.2) is 0 Å². The predicted octanol–water partition coefficient (Wildman–Crippen LogP) is 1.66. The monoisotopic (exact) mass is 278 g/mol. The topological polar surface area (TPSA) is 69.2 Å². The van der Waals surface area contributed by atoms with Crippen LogP contribution in [-0.4, -0.2) is 4.92 Å². The van der Waals surface area contributed by atoms with E-state index in [9.17, 15) is 10.1 Å². The first kappa shape index (κ1) is 9.40. The first-order valence-electron chi connectivity index (χ1n) is 3.28. The molecule has 4 nitrogen and oxygen atoms in total. The van der Waals surface area contributed by atoms with E-state index < -0.39 is 4.92 Å². The van der Waals surface area contributed by atoms with Gasteiger partial charge < -0.3 is 5.73 Å². The van der Waals surface area contributed by atoms with Crippen LogP contribution in [0, 0.1) is 13.7 Å². The molecule has 0 aromatic heterocycles. The summed E-state index contributed by atoms with van der Waals surface area (Å²) in [6.07, 6.45) is 0. The molecule has 1 aromatic rings. The van der Waals surface area contributed by atoms with E-state index in [1.54, 1.807) is 12.1 Å². The summed E-state index contributed by atoms with van der Waals surface area (Å²) in [6.45, 7) is 0.202. The second kappa shape index (κ2) is 3.81. The lowest BCUT2D eigenvalue weighted by Crippen LogP contribution is -2.01. The van der Waals surface area contributed by atoms with Gasteiger partial charge in [-0.2, -0.15) is 0 Å². The number of benzene rings is 1. The summed E-state index contributed by atoms with van der Waals surface area (Å²) in [4.78, 5) is 10.0. The summed E-state index contributed by atoms with van der Waals surface area (Å²) >= 11 is 2.09. The molecule has 64 valence electrons. The number of nitrogens with two attached hydrogens (primary N) is 1. The second-order valence-electron chi connectivity index (χ2n) is 2.23. The molecule has 0 amide bonds. The van der Waals surface area contributed by atoms with Gasteiger partial charge >= 0.3 is 0 Å². The Labute approximate surface area is 83.1 Å². The third-order valence-electron chi connectivity index (χ3n) is 1.46. The molecule has 0 unspecified atom stereocenters. The third-order valence-corrected chi connectivity index (χ3v) is 2.13. The molecule has 2 N–H and O–H groups in total. The molecule has 0 saturated heterocycles. The smallest absolute Gasteiger partial charge is 0.273 e. The Morgan fingerprint density at radius 3 is 2.75 bits per heavy atom. The zero-order valence-electron chi connectivity index (χ0n) is 6.16. The van der Waals surface area contributed by atoms with Crippen molar-refractivity contribution in [2.24, 2.45) is 5.73 Å². The number of hydrogen-bond donors (Lipinski definition) is 1. The summed E-state index contributed by atoms with van der Waals surface area (Å²) in [7, 11) is 0. The number of halogens is 1. The summed E-state index contributed by atoms with van der Waals surface area (Å²) < 4.78 is 0.957. The molecule has 0 aliphatic heterocycles. The van der Waals surface area contributed by atoms with Crippen LogP contribution in [0.2, 0.25) is 0 Å². The minimum Gasteiger partial charge on any atom is -0.326 e. The van der Waals surface area contributed by atoms with Crippen molar-refractivity contribution in [3.63, 3.8) is 0 Å². The van der Waals surface area contributed by atoms with Gasteiger partial charge in [0, 0.05) is 21.7 Å². The van der Waals surface area contributed by atoms with Crippen LogP contribution >= 0.6 is 22.6 Å². The molecule has 0 atom stereocenters. The van der Waals surface area contributed by atoms with Crippen LogP contribution in [0.3, 0.4) is 0 Å². The highest BCUT2D eigenvalue weighted by molar-refractivity contribution is 14.1. The molecule has 1 aromatic carbocycles. The fraction of sp³-hybridized carbons (Fsp3) is 0.143. The van der Waals surface area contributed by atoms with E-state index in [4.69, 9.17) is 5.73 Å². The molecule has 0 fully saturated rings. The Morgan fingerprint density at radius 2 is 2.25 bits per heavy atom. The van der Waals surface area contributed by atoms with Gasteiger partial charge in [0.1, 0.15) is 0 Å². The molecule has 0 bridgehead atoms. The zero-order chi connectivity index (χ0) is 9.14. The first-order chi connectivity index (χ1) is 5.65. The average Bonchev–Trinajstić information content (AvgIpc) is 2.03. The van der Waals surface area contributed by atoms with Crippen LogP contribution in [0.4, 0.5) is 5.69 Å². The molecular formula is C7H7IN2O2. The van der Waals surface area contributed by atoms with Gasteiger partial charge in [-0.3, -0.25) is 10.1 Å². The van der Waals surface area contributed by atoms with E-state index in [2.05, 4.69) is 22.6 Å². The van der Waals surface area contributed by atoms with Gasteiger partial charge in [0.25, 0.3) is 5.69 Å². The van der Waals surface area contributed by atoms with Crippen LogP contribution < -0.4 is 5.73 Å². The molecule has 5 heteroatoms. The summed E-state index contributed by atoms with van der Waals surface area (Å²) in [6, 6.07) is 4.89. The quantitative estimate of drug-likeness (QED) is 0.508. The van der Waals surface area contributed by atoms with Crippen molar-refractivity contribution < 1.29 is 4.92 Å². The SMILES string of the molecule is NCc1cc(I)ccc1[N+](=O)[O-]. The van der Waals surface area contributed by atoms with Crippen molar-refractivity contribution in [1.29, 1.82) is 0 Å². The molecule has 0 heterocycles. The molecule has 0 saturated carbocycles. The van der Waals surface area contributed by atoms with Gasteiger partial charge in [0.05, 0.1) is 4.92 Å². The Morgan fingerprint density at radius 1 is 1.58 bits per heavy atom. The van der Waals surface area contributed by atoms with E-state index in [0.29, 0.717) is 5.56 Å². The molecule has 0 spiro atoms. The zero-order valence-corrected chi connectivity index (χ0v) is 8.32. The van der Waals surface area contributed by atoms with E-state index >= 15 is 0 Å². The minimum atomic E-state index is -0.418. The van der Waals surface area contributed by atoms with Crippen LogP contribution in [0.1, 0.15) is 5.56 Å². The Bertz CT molecular complexity index is 314. The lowest BCUT2D eigenvalue weighted by atomic mass is 10.2. The van der Waals surface area contributed by atoms with Crippen molar-refractivity contribution >= 4 is 28.3 Å².